The van der Waals surface area contributed by atoms with Crippen LogP contribution >= 0.6 is 0 Å². The van der Waals surface area contributed by atoms with Crippen molar-refractivity contribution in [2.24, 2.45) is 0 Å². The zero-order valence-corrected chi connectivity index (χ0v) is 17.0. The molecule has 0 atom stereocenters. The Balaban J connectivity index is 1.60. The summed E-state index contributed by atoms with van der Waals surface area (Å²) in [5, 5.41) is 0. The molecule has 0 N–H and O–H groups in total. The zero-order chi connectivity index (χ0) is 21.3. The van der Waals surface area contributed by atoms with Crippen molar-refractivity contribution in [1.29, 1.82) is 0 Å². The summed E-state index contributed by atoms with van der Waals surface area (Å²) >= 11 is 0. The van der Waals surface area contributed by atoms with Gasteiger partial charge in [0.1, 0.15) is 11.5 Å². The summed E-state index contributed by atoms with van der Waals surface area (Å²) < 4.78 is 16.4. The first-order valence-electron chi connectivity index (χ1n) is 9.81. The van der Waals surface area contributed by atoms with E-state index < -0.39 is 11.9 Å². The molecule has 0 aliphatic rings. The summed E-state index contributed by atoms with van der Waals surface area (Å²) in [6.45, 7) is 4.05. The second kappa shape index (κ2) is 10.3. The Morgan fingerprint density at radius 3 is 2.10 bits per heavy atom. The Morgan fingerprint density at radius 2 is 1.40 bits per heavy atom. The van der Waals surface area contributed by atoms with Gasteiger partial charge >= 0.3 is 11.9 Å². The third kappa shape index (κ3) is 6.21. The smallest absolute Gasteiger partial charge is 0.343 e. The average molecular weight is 404 g/mol. The highest BCUT2D eigenvalue weighted by atomic mass is 16.5. The minimum atomic E-state index is -0.530. The molecule has 0 unspecified atom stereocenters. The maximum atomic E-state index is 12.5. The van der Waals surface area contributed by atoms with Crippen LogP contribution in [0.15, 0.2) is 78.9 Å². The topological polar surface area (TPSA) is 61.8 Å². The molecule has 0 fully saturated rings. The molecule has 0 heterocycles. The number of carbonyl (C=O) groups excluding carboxylic acids is 2. The van der Waals surface area contributed by atoms with E-state index in [0.29, 0.717) is 23.5 Å². The third-order valence-electron chi connectivity index (χ3n) is 4.20. The van der Waals surface area contributed by atoms with Crippen LogP contribution in [0.1, 0.15) is 40.1 Å². The van der Waals surface area contributed by atoms with Gasteiger partial charge in [0.05, 0.1) is 23.8 Å². The minimum absolute atomic E-state index is 0.228. The monoisotopic (exact) mass is 404 g/mol. The van der Waals surface area contributed by atoms with Gasteiger partial charge in [0.15, 0.2) is 0 Å². The molecule has 0 saturated heterocycles. The van der Waals surface area contributed by atoms with E-state index in [4.69, 9.17) is 14.2 Å². The lowest BCUT2D eigenvalue weighted by molar-refractivity contribution is 0.0376. The first-order valence-corrected chi connectivity index (χ1v) is 9.81. The van der Waals surface area contributed by atoms with Crippen molar-refractivity contribution in [3.05, 3.63) is 95.6 Å². The molecule has 0 aromatic heterocycles. The molecule has 0 bridgehead atoms. The molecule has 0 spiro atoms. The zero-order valence-electron chi connectivity index (χ0n) is 17.0. The molecular formula is C25H24O5. The fourth-order valence-corrected chi connectivity index (χ4v) is 2.78. The van der Waals surface area contributed by atoms with E-state index in [0.717, 1.165) is 6.42 Å². The summed E-state index contributed by atoms with van der Waals surface area (Å²) in [4.78, 5) is 24.6. The molecule has 0 amide bonds. The van der Waals surface area contributed by atoms with Gasteiger partial charge in [-0.3, -0.25) is 0 Å². The van der Waals surface area contributed by atoms with Gasteiger partial charge in [0, 0.05) is 6.42 Å². The first-order chi connectivity index (χ1) is 14.5. The molecule has 0 radical (unpaired) electrons. The number of hydrogen-bond acceptors (Lipinski definition) is 5. The van der Waals surface area contributed by atoms with Gasteiger partial charge in [-0.1, -0.05) is 42.5 Å². The second-order valence-corrected chi connectivity index (χ2v) is 6.98. The summed E-state index contributed by atoms with van der Waals surface area (Å²) in [5.74, 6) is -0.127. The number of hydrogen-bond donors (Lipinski definition) is 0. The molecule has 0 saturated carbocycles. The van der Waals surface area contributed by atoms with Crippen molar-refractivity contribution in [2.45, 2.75) is 26.4 Å². The summed E-state index contributed by atoms with van der Waals surface area (Å²) in [7, 11) is 0. The molecule has 3 rings (SSSR count). The highest BCUT2D eigenvalue weighted by Gasteiger charge is 2.13. The number of esters is 2. The van der Waals surface area contributed by atoms with E-state index in [2.05, 4.69) is 0 Å². The maximum absolute atomic E-state index is 12.5. The van der Waals surface area contributed by atoms with E-state index in [1.165, 1.54) is 11.6 Å². The summed E-state index contributed by atoms with van der Waals surface area (Å²) in [6.07, 6.45) is 0.544. The standard InChI is InChI=1S/C25H24O5/c1-18(2)29-24(26)21-11-7-13-23(17-21)30-25(27)20-10-6-12-22(16-20)28-15-14-19-8-4-3-5-9-19/h3-13,16-18H,14-15H2,1-2H3. The van der Waals surface area contributed by atoms with Gasteiger partial charge in [0.25, 0.3) is 0 Å². The first kappa shape index (κ1) is 21.1. The van der Waals surface area contributed by atoms with Crippen molar-refractivity contribution in [2.75, 3.05) is 6.61 Å². The lowest BCUT2D eigenvalue weighted by Crippen LogP contribution is -2.12. The van der Waals surface area contributed by atoms with Gasteiger partial charge in [-0.25, -0.2) is 9.59 Å². The number of carbonyl (C=O) groups is 2. The summed E-state index contributed by atoms with van der Waals surface area (Å²) in [6, 6.07) is 23.2. The van der Waals surface area contributed by atoms with Crippen LogP contribution in [0.4, 0.5) is 0 Å². The lowest BCUT2D eigenvalue weighted by Gasteiger charge is -2.10. The van der Waals surface area contributed by atoms with E-state index in [9.17, 15) is 9.59 Å². The normalized spacial score (nSPS) is 10.5. The molecule has 3 aromatic rings. The van der Waals surface area contributed by atoms with Crippen LogP contribution < -0.4 is 9.47 Å². The Bertz CT molecular complexity index is 995. The predicted molar refractivity (Wildman–Crippen MR) is 114 cm³/mol. The van der Waals surface area contributed by atoms with Crippen LogP contribution in [-0.4, -0.2) is 24.6 Å². The van der Waals surface area contributed by atoms with Crippen LogP contribution in [0.3, 0.4) is 0 Å². The van der Waals surface area contributed by atoms with Crippen molar-refractivity contribution in [3.8, 4) is 11.5 Å². The van der Waals surface area contributed by atoms with Crippen molar-refractivity contribution >= 4 is 11.9 Å². The van der Waals surface area contributed by atoms with Gasteiger partial charge < -0.3 is 14.2 Å². The number of rotatable bonds is 8. The SMILES string of the molecule is CC(C)OC(=O)c1cccc(OC(=O)c2cccc(OCCc3ccccc3)c2)c1. The highest BCUT2D eigenvalue weighted by Crippen LogP contribution is 2.19. The van der Waals surface area contributed by atoms with E-state index in [1.807, 2.05) is 30.3 Å². The summed E-state index contributed by atoms with van der Waals surface area (Å²) in [5.41, 5.74) is 1.87. The van der Waals surface area contributed by atoms with Crippen molar-refractivity contribution in [1.82, 2.24) is 0 Å². The Kier molecular flexibility index (Phi) is 7.22. The van der Waals surface area contributed by atoms with Crippen molar-refractivity contribution < 1.29 is 23.8 Å². The second-order valence-electron chi connectivity index (χ2n) is 6.98. The Morgan fingerprint density at radius 1 is 0.767 bits per heavy atom. The molecule has 0 aliphatic carbocycles. The lowest BCUT2D eigenvalue weighted by atomic mass is 10.2. The van der Waals surface area contributed by atoms with Gasteiger partial charge in [-0.2, -0.15) is 0 Å². The predicted octanol–water partition coefficient (Wildman–Crippen LogP) is 5.09. The fourth-order valence-electron chi connectivity index (χ4n) is 2.78. The quantitative estimate of drug-likeness (QED) is 0.386. The molecule has 154 valence electrons. The number of ether oxygens (including phenoxy) is 3. The minimum Gasteiger partial charge on any atom is -0.493 e. The van der Waals surface area contributed by atoms with Gasteiger partial charge in [-0.15, -0.1) is 0 Å². The molecule has 5 heteroatoms. The molecule has 0 aliphatic heterocycles. The van der Waals surface area contributed by atoms with Gasteiger partial charge in [-0.05, 0) is 55.8 Å². The molecular weight excluding hydrogens is 380 g/mol. The van der Waals surface area contributed by atoms with Gasteiger partial charge in [0.2, 0.25) is 0 Å². The van der Waals surface area contributed by atoms with E-state index in [1.54, 1.807) is 56.3 Å². The van der Waals surface area contributed by atoms with Crippen molar-refractivity contribution in [3.63, 3.8) is 0 Å². The average Bonchev–Trinajstić information content (AvgIpc) is 2.74. The largest absolute Gasteiger partial charge is 0.493 e. The molecule has 3 aromatic carbocycles. The molecule has 30 heavy (non-hydrogen) atoms. The number of benzene rings is 3. The van der Waals surface area contributed by atoms with Crippen LogP contribution in [-0.2, 0) is 11.2 Å². The Hall–Kier alpha value is -3.60. The molecule has 5 nitrogen and oxygen atoms in total. The highest BCUT2D eigenvalue weighted by molar-refractivity contribution is 5.93. The maximum Gasteiger partial charge on any atom is 0.343 e. The third-order valence-corrected chi connectivity index (χ3v) is 4.20. The van der Waals surface area contributed by atoms with E-state index >= 15 is 0 Å². The van der Waals surface area contributed by atoms with Crippen LogP contribution in [0, 0.1) is 0 Å². The fraction of sp³-hybridized carbons (Fsp3) is 0.200. The Labute approximate surface area is 176 Å². The van der Waals surface area contributed by atoms with Crippen LogP contribution in [0.25, 0.3) is 0 Å². The van der Waals surface area contributed by atoms with Crippen LogP contribution in [0.5, 0.6) is 11.5 Å². The van der Waals surface area contributed by atoms with Crippen LogP contribution in [0.2, 0.25) is 0 Å². The van der Waals surface area contributed by atoms with E-state index in [-0.39, 0.29) is 11.9 Å².